The van der Waals surface area contributed by atoms with E-state index in [4.69, 9.17) is 18.9 Å². The summed E-state index contributed by atoms with van der Waals surface area (Å²) in [5.41, 5.74) is 2.21. The van der Waals surface area contributed by atoms with E-state index in [-0.39, 0.29) is 45.4 Å². The first-order valence-electron chi connectivity index (χ1n) is 12.8. The molecule has 2 heterocycles. The van der Waals surface area contributed by atoms with Crippen LogP contribution in [0.1, 0.15) is 36.0 Å². The molecule has 0 saturated carbocycles. The lowest BCUT2D eigenvalue weighted by Crippen LogP contribution is -2.55. The molecule has 5 rings (SSSR count). The van der Waals surface area contributed by atoms with Crippen LogP contribution in [0.3, 0.4) is 0 Å². The number of nitrogens with one attached hydrogen (secondary N) is 1. The fraction of sp³-hybridized carbons (Fsp3) is 0.429. The summed E-state index contributed by atoms with van der Waals surface area (Å²) in [7, 11) is 1.47. The molecule has 0 spiro atoms. The normalized spacial score (nSPS) is 22.3. The van der Waals surface area contributed by atoms with Gasteiger partial charge in [-0.2, -0.15) is 0 Å². The quantitative estimate of drug-likeness (QED) is 0.365. The molecule has 4 atom stereocenters. The SMILES string of the molecule is CCC(=O)N(Cc1ccc2c(c1)OCO2)[C@@H]1C=C(C(=O)NCCO)[C@@H]2c3cc(CO)cc(OC)c3O[C@@H]2[C@H]1O. The fourth-order valence-corrected chi connectivity index (χ4v) is 5.42. The standard InChI is InChI=1S/C28H32N2O9/c1-3-23(33)30(12-15-4-5-20-21(9-15)38-14-37-20)19-11-18(28(35)29-6-7-31)24-17-8-16(13-32)10-22(36-2)26(17)39-27(24)25(19)34/h4-5,8-11,19,24-25,27,31-32,34H,3,6-7,12-14H2,1-2H3,(H,29,35)/t19-,24+,25+,27+/m1/s1. The van der Waals surface area contributed by atoms with Crippen LogP contribution in [0, 0.1) is 0 Å². The molecule has 0 radical (unpaired) electrons. The zero-order valence-corrected chi connectivity index (χ0v) is 21.8. The van der Waals surface area contributed by atoms with Crippen molar-refractivity contribution in [1.29, 1.82) is 0 Å². The Morgan fingerprint density at radius 1 is 1.13 bits per heavy atom. The van der Waals surface area contributed by atoms with Gasteiger partial charge in [0.15, 0.2) is 23.0 Å². The molecule has 0 saturated heterocycles. The minimum atomic E-state index is -1.19. The Kier molecular flexibility index (Phi) is 7.65. The van der Waals surface area contributed by atoms with Crippen LogP contribution in [0.5, 0.6) is 23.0 Å². The summed E-state index contributed by atoms with van der Waals surface area (Å²) in [6, 6.07) is 7.86. The monoisotopic (exact) mass is 540 g/mol. The van der Waals surface area contributed by atoms with Crippen molar-refractivity contribution >= 4 is 11.8 Å². The summed E-state index contributed by atoms with van der Waals surface area (Å²) < 4.78 is 22.6. The molecular formula is C28H32N2O9. The second kappa shape index (κ2) is 11.1. The predicted octanol–water partition coefficient (Wildman–Crippen LogP) is 0.978. The number of benzene rings is 2. The van der Waals surface area contributed by atoms with Crippen LogP contribution in [-0.2, 0) is 22.7 Å². The summed E-state index contributed by atoms with van der Waals surface area (Å²) in [5, 5.41) is 33.4. The van der Waals surface area contributed by atoms with Crippen molar-refractivity contribution in [1.82, 2.24) is 10.2 Å². The fourth-order valence-electron chi connectivity index (χ4n) is 5.42. The number of fused-ring (bicyclic) bond motifs is 4. The molecule has 2 aromatic rings. The molecule has 2 aromatic carbocycles. The van der Waals surface area contributed by atoms with Gasteiger partial charge in [0, 0.05) is 30.6 Å². The van der Waals surface area contributed by atoms with Gasteiger partial charge in [0.25, 0.3) is 0 Å². The van der Waals surface area contributed by atoms with E-state index in [1.165, 1.54) is 12.0 Å². The van der Waals surface area contributed by atoms with Crippen molar-refractivity contribution in [2.75, 3.05) is 27.1 Å². The number of carbonyl (C=O) groups is 2. The van der Waals surface area contributed by atoms with Crippen molar-refractivity contribution in [2.24, 2.45) is 0 Å². The van der Waals surface area contributed by atoms with Crippen LogP contribution in [0.25, 0.3) is 0 Å². The van der Waals surface area contributed by atoms with Crippen LogP contribution < -0.4 is 24.3 Å². The van der Waals surface area contributed by atoms with E-state index in [9.17, 15) is 24.9 Å². The second-order valence-corrected chi connectivity index (χ2v) is 9.58. The highest BCUT2D eigenvalue weighted by Crippen LogP contribution is 2.51. The lowest BCUT2D eigenvalue weighted by atomic mass is 9.77. The zero-order valence-electron chi connectivity index (χ0n) is 21.8. The number of methoxy groups -OCH3 is 1. The lowest BCUT2D eigenvalue weighted by Gasteiger charge is -2.40. The summed E-state index contributed by atoms with van der Waals surface area (Å²) in [6.45, 7) is 1.53. The van der Waals surface area contributed by atoms with E-state index in [0.29, 0.717) is 39.7 Å². The van der Waals surface area contributed by atoms with Crippen LogP contribution >= 0.6 is 0 Å². The van der Waals surface area contributed by atoms with E-state index in [2.05, 4.69) is 5.32 Å². The van der Waals surface area contributed by atoms with Crippen molar-refractivity contribution in [3.63, 3.8) is 0 Å². The van der Waals surface area contributed by atoms with Gasteiger partial charge >= 0.3 is 0 Å². The molecule has 11 heteroatoms. The molecule has 2 amide bonds. The zero-order chi connectivity index (χ0) is 27.7. The van der Waals surface area contributed by atoms with E-state index < -0.39 is 30.1 Å². The van der Waals surface area contributed by atoms with Gasteiger partial charge in [-0.25, -0.2) is 0 Å². The highest BCUT2D eigenvalue weighted by Gasteiger charge is 2.51. The van der Waals surface area contributed by atoms with E-state index in [1.54, 1.807) is 37.3 Å². The Bertz CT molecular complexity index is 1290. The number of aliphatic hydroxyl groups is 3. The van der Waals surface area contributed by atoms with Gasteiger partial charge in [0.05, 0.1) is 32.3 Å². The molecule has 0 fully saturated rings. The summed E-state index contributed by atoms with van der Waals surface area (Å²) in [6.07, 6.45) is -0.313. The second-order valence-electron chi connectivity index (χ2n) is 9.58. The third-order valence-corrected chi connectivity index (χ3v) is 7.27. The number of ether oxygens (including phenoxy) is 4. The summed E-state index contributed by atoms with van der Waals surface area (Å²) >= 11 is 0. The van der Waals surface area contributed by atoms with Crippen molar-refractivity contribution in [2.45, 2.75) is 50.7 Å². The highest BCUT2D eigenvalue weighted by atomic mass is 16.7. The number of amides is 2. The third kappa shape index (κ3) is 4.88. The van der Waals surface area contributed by atoms with E-state index in [1.807, 2.05) is 6.07 Å². The minimum absolute atomic E-state index is 0.0310. The molecule has 1 aliphatic carbocycles. The van der Waals surface area contributed by atoms with Gasteiger partial charge in [0.2, 0.25) is 18.6 Å². The molecular weight excluding hydrogens is 508 g/mol. The van der Waals surface area contributed by atoms with Crippen molar-refractivity contribution in [3.05, 3.63) is 58.7 Å². The van der Waals surface area contributed by atoms with Crippen LogP contribution in [-0.4, -0.2) is 77.3 Å². The van der Waals surface area contributed by atoms with Crippen LogP contribution in [0.2, 0.25) is 0 Å². The van der Waals surface area contributed by atoms with Gasteiger partial charge in [-0.1, -0.05) is 13.0 Å². The van der Waals surface area contributed by atoms with Gasteiger partial charge < -0.3 is 44.5 Å². The van der Waals surface area contributed by atoms with Crippen LogP contribution in [0.15, 0.2) is 42.0 Å². The van der Waals surface area contributed by atoms with Gasteiger partial charge in [-0.3, -0.25) is 9.59 Å². The van der Waals surface area contributed by atoms with Gasteiger partial charge in [-0.15, -0.1) is 0 Å². The Morgan fingerprint density at radius 3 is 2.64 bits per heavy atom. The maximum Gasteiger partial charge on any atom is 0.247 e. The minimum Gasteiger partial charge on any atom is -0.493 e. The average molecular weight is 541 g/mol. The van der Waals surface area contributed by atoms with Crippen molar-refractivity contribution < 1.29 is 43.9 Å². The van der Waals surface area contributed by atoms with Gasteiger partial charge in [-0.05, 0) is 41.5 Å². The predicted molar refractivity (Wildman–Crippen MR) is 137 cm³/mol. The molecule has 208 valence electrons. The maximum atomic E-state index is 13.4. The molecule has 0 unspecified atom stereocenters. The molecule has 3 aliphatic rings. The average Bonchev–Trinajstić information content (AvgIpc) is 3.59. The first-order chi connectivity index (χ1) is 18.9. The Morgan fingerprint density at radius 2 is 1.92 bits per heavy atom. The topological polar surface area (TPSA) is 147 Å². The molecule has 11 nitrogen and oxygen atoms in total. The smallest absolute Gasteiger partial charge is 0.247 e. The maximum absolute atomic E-state index is 13.4. The summed E-state index contributed by atoms with van der Waals surface area (Å²) in [5.74, 6) is 0.561. The van der Waals surface area contributed by atoms with E-state index in [0.717, 1.165) is 5.56 Å². The number of nitrogens with zero attached hydrogens (tertiary/aromatic N) is 1. The molecule has 39 heavy (non-hydrogen) atoms. The number of carbonyl (C=O) groups excluding carboxylic acids is 2. The number of hydrogen-bond donors (Lipinski definition) is 4. The summed E-state index contributed by atoms with van der Waals surface area (Å²) in [4.78, 5) is 28.2. The Labute approximate surface area is 225 Å². The number of aliphatic hydroxyl groups excluding tert-OH is 3. The highest BCUT2D eigenvalue weighted by molar-refractivity contribution is 5.96. The van der Waals surface area contributed by atoms with Gasteiger partial charge in [0.1, 0.15) is 12.2 Å². The molecule has 2 aliphatic heterocycles. The largest absolute Gasteiger partial charge is 0.493 e. The molecule has 0 bridgehead atoms. The Hall–Kier alpha value is -3.80. The number of rotatable bonds is 9. The molecule has 4 N–H and O–H groups in total. The molecule has 0 aromatic heterocycles. The Balaban J connectivity index is 1.57. The first-order valence-corrected chi connectivity index (χ1v) is 12.8. The van der Waals surface area contributed by atoms with E-state index >= 15 is 0 Å². The first kappa shape index (κ1) is 26.8. The number of hydrogen-bond acceptors (Lipinski definition) is 9. The lowest BCUT2D eigenvalue weighted by molar-refractivity contribution is -0.137. The third-order valence-electron chi connectivity index (χ3n) is 7.27. The van der Waals surface area contributed by atoms with Crippen LogP contribution in [0.4, 0.5) is 0 Å². The van der Waals surface area contributed by atoms with Crippen molar-refractivity contribution in [3.8, 4) is 23.0 Å².